The lowest BCUT2D eigenvalue weighted by Crippen LogP contribution is -1.88. The van der Waals surface area contributed by atoms with E-state index in [9.17, 15) is 0 Å². The third kappa shape index (κ3) is 1.31. The molecule has 0 atom stereocenters. The number of aromatic nitrogens is 4. The molecule has 0 saturated heterocycles. The molecule has 0 saturated carbocycles. The van der Waals surface area contributed by atoms with Crippen LogP contribution in [0.5, 0.6) is 0 Å². The summed E-state index contributed by atoms with van der Waals surface area (Å²) in [6.07, 6.45) is 5.86. The van der Waals surface area contributed by atoms with Crippen molar-refractivity contribution in [1.82, 2.24) is 19.4 Å². The number of fused-ring (bicyclic) bond motifs is 1. The highest BCUT2D eigenvalue weighted by molar-refractivity contribution is 5.66. The van der Waals surface area contributed by atoms with Crippen molar-refractivity contribution in [3.63, 3.8) is 0 Å². The zero-order chi connectivity index (χ0) is 11.1. The Morgan fingerprint density at radius 1 is 1.12 bits per heavy atom. The van der Waals surface area contributed by atoms with Gasteiger partial charge in [0.1, 0.15) is 0 Å². The maximum Gasteiger partial charge on any atom is 0.0672 e. The summed E-state index contributed by atoms with van der Waals surface area (Å²) in [6, 6.07) is 6.15. The monoisotopic (exact) mass is 212 g/mol. The minimum atomic E-state index is 1.04. The molecule has 0 aliphatic carbocycles. The first kappa shape index (κ1) is 9.15. The van der Waals surface area contributed by atoms with Crippen LogP contribution in [0.2, 0.25) is 0 Å². The van der Waals surface area contributed by atoms with Crippen LogP contribution in [0.4, 0.5) is 0 Å². The first-order chi connectivity index (χ1) is 7.74. The Hall–Kier alpha value is -2.10. The predicted molar refractivity (Wildman–Crippen MR) is 62.1 cm³/mol. The molecule has 0 N–H and O–H groups in total. The maximum absolute atomic E-state index is 4.34. The van der Waals surface area contributed by atoms with Crippen molar-refractivity contribution in [2.24, 2.45) is 7.05 Å². The fourth-order valence-corrected chi connectivity index (χ4v) is 1.96. The first-order valence-corrected chi connectivity index (χ1v) is 5.18. The summed E-state index contributed by atoms with van der Waals surface area (Å²) in [5.41, 5.74) is 4.43. The molecule has 3 aromatic heterocycles. The summed E-state index contributed by atoms with van der Waals surface area (Å²) in [5, 5.41) is 8.57. The van der Waals surface area contributed by atoms with E-state index < -0.39 is 0 Å². The van der Waals surface area contributed by atoms with Crippen molar-refractivity contribution in [2.45, 2.75) is 6.92 Å². The normalized spacial score (nSPS) is 11.1. The van der Waals surface area contributed by atoms with Gasteiger partial charge in [-0.3, -0.25) is 4.68 Å². The summed E-state index contributed by atoms with van der Waals surface area (Å²) >= 11 is 0. The van der Waals surface area contributed by atoms with E-state index in [4.69, 9.17) is 0 Å². The fourth-order valence-electron chi connectivity index (χ4n) is 1.96. The molecule has 0 fully saturated rings. The average molecular weight is 212 g/mol. The maximum atomic E-state index is 4.34. The summed E-state index contributed by atoms with van der Waals surface area (Å²) in [6.45, 7) is 2.02. The lowest BCUT2D eigenvalue weighted by Gasteiger charge is -2.00. The van der Waals surface area contributed by atoms with Gasteiger partial charge in [-0.15, -0.1) is 0 Å². The minimum absolute atomic E-state index is 1.04. The van der Waals surface area contributed by atoms with Gasteiger partial charge in [0.05, 0.1) is 11.2 Å². The van der Waals surface area contributed by atoms with Crippen LogP contribution in [0.25, 0.3) is 16.6 Å². The lowest BCUT2D eigenvalue weighted by molar-refractivity contribution is 0.756. The Morgan fingerprint density at radius 2 is 2.00 bits per heavy atom. The number of hydrogen-bond donors (Lipinski definition) is 0. The number of pyridine rings is 1. The second-order valence-corrected chi connectivity index (χ2v) is 3.92. The highest BCUT2D eigenvalue weighted by atomic mass is 15.2. The van der Waals surface area contributed by atoms with Gasteiger partial charge in [-0.05, 0) is 19.1 Å². The molecule has 0 spiro atoms. The summed E-state index contributed by atoms with van der Waals surface area (Å²) in [4.78, 5) is 0. The van der Waals surface area contributed by atoms with E-state index in [1.165, 1.54) is 0 Å². The second-order valence-electron chi connectivity index (χ2n) is 3.92. The molecule has 16 heavy (non-hydrogen) atoms. The fraction of sp³-hybridized carbons (Fsp3) is 0.167. The van der Waals surface area contributed by atoms with Crippen molar-refractivity contribution in [3.8, 4) is 11.1 Å². The van der Waals surface area contributed by atoms with E-state index in [2.05, 4.69) is 22.3 Å². The van der Waals surface area contributed by atoms with Crippen LogP contribution in [0.1, 0.15) is 5.69 Å². The van der Waals surface area contributed by atoms with Crippen molar-refractivity contribution in [3.05, 3.63) is 42.5 Å². The van der Waals surface area contributed by atoms with Crippen molar-refractivity contribution < 1.29 is 0 Å². The van der Waals surface area contributed by atoms with Crippen LogP contribution in [0.15, 0.2) is 36.8 Å². The van der Waals surface area contributed by atoms with Crippen molar-refractivity contribution in [1.29, 1.82) is 0 Å². The van der Waals surface area contributed by atoms with Crippen LogP contribution in [-0.2, 0) is 7.05 Å². The Balaban J connectivity index is 2.21. The Kier molecular flexibility index (Phi) is 1.83. The van der Waals surface area contributed by atoms with Crippen LogP contribution in [0, 0.1) is 6.92 Å². The SMILES string of the molecule is Cc1nn(C)cc1-c1ccc2ccnn2c1. The molecule has 4 nitrogen and oxygen atoms in total. The first-order valence-electron chi connectivity index (χ1n) is 5.18. The standard InChI is InChI=1S/C12H12N4/c1-9-12(8-15(2)14-9)10-3-4-11-5-6-13-16(11)7-10/h3-8H,1-2H3. The van der Waals surface area contributed by atoms with E-state index >= 15 is 0 Å². The van der Waals surface area contributed by atoms with Crippen LogP contribution in [0.3, 0.4) is 0 Å². The number of rotatable bonds is 1. The van der Waals surface area contributed by atoms with E-state index in [1.807, 2.05) is 41.6 Å². The van der Waals surface area contributed by atoms with Gasteiger partial charge in [-0.2, -0.15) is 10.2 Å². The van der Waals surface area contributed by atoms with Crippen molar-refractivity contribution >= 4 is 5.52 Å². The molecule has 3 rings (SSSR count). The van der Waals surface area contributed by atoms with Crippen LogP contribution in [-0.4, -0.2) is 19.4 Å². The van der Waals surface area contributed by atoms with E-state index in [0.717, 1.165) is 22.3 Å². The topological polar surface area (TPSA) is 35.1 Å². The predicted octanol–water partition coefficient (Wildman–Crippen LogP) is 2.04. The highest BCUT2D eigenvalue weighted by Crippen LogP contribution is 2.22. The van der Waals surface area contributed by atoms with E-state index in [1.54, 1.807) is 6.20 Å². The molecule has 0 unspecified atom stereocenters. The zero-order valence-corrected chi connectivity index (χ0v) is 9.25. The minimum Gasteiger partial charge on any atom is -0.275 e. The summed E-state index contributed by atoms with van der Waals surface area (Å²) in [7, 11) is 1.93. The highest BCUT2D eigenvalue weighted by Gasteiger charge is 2.06. The lowest BCUT2D eigenvalue weighted by atomic mass is 10.1. The molecule has 0 aliphatic heterocycles. The molecule has 3 aromatic rings. The summed E-state index contributed by atoms with van der Waals surface area (Å²) in [5.74, 6) is 0. The quantitative estimate of drug-likeness (QED) is 0.618. The second kappa shape index (κ2) is 3.20. The molecule has 4 heteroatoms. The van der Waals surface area contributed by atoms with Gasteiger partial charge in [-0.25, -0.2) is 4.52 Å². The average Bonchev–Trinajstić information content (AvgIpc) is 2.83. The van der Waals surface area contributed by atoms with Crippen LogP contribution >= 0.6 is 0 Å². The molecule has 0 amide bonds. The Morgan fingerprint density at radius 3 is 2.75 bits per heavy atom. The van der Waals surface area contributed by atoms with Gasteiger partial charge in [0.2, 0.25) is 0 Å². The van der Waals surface area contributed by atoms with Gasteiger partial charge in [-0.1, -0.05) is 6.07 Å². The molecule has 0 radical (unpaired) electrons. The summed E-state index contributed by atoms with van der Waals surface area (Å²) < 4.78 is 3.71. The molecular weight excluding hydrogens is 200 g/mol. The van der Waals surface area contributed by atoms with Gasteiger partial charge < -0.3 is 0 Å². The Labute approximate surface area is 93.1 Å². The van der Waals surface area contributed by atoms with Crippen LogP contribution < -0.4 is 0 Å². The molecule has 3 heterocycles. The van der Waals surface area contributed by atoms with Gasteiger partial charge in [0, 0.05) is 36.8 Å². The third-order valence-corrected chi connectivity index (χ3v) is 2.72. The smallest absolute Gasteiger partial charge is 0.0672 e. The van der Waals surface area contributed by atoms with Gasteiger partial charge in [0.15, 0.2) is 0 Å². The zero-order valence-electron chi connectivity index (χ0n) is 9.25. The molecule has 0 bridgehead atoms. The number of aryl methyl sites for hydroxylation is 2. The molecule has 0 aromatic carbocycles. The van der Waals surface area contributed by atoms with Gasteiger partial charge >= 0.3 is 0 Å². The third-order valence-electron chi connectivity index (χ3n) is 2.72. The Bertz CT molecular complexity index is 648. The number of nitrogens with zero attached hydrogens (tertiary/aromatic N) is 4. The largest absolute Gasteiger partial charge is 0.275 e. The molecular formula is C12H12N4. The number of hydrogen-bond acceptors (Lipinski definition) is 2. The van der Waals surface area contributed by atoms with E-state index in [-0.39, 0.29) is 0 Å². The van der Waals surface area contributed by atoms with Gasteiger partial charge in [0.25, 0.3) is 0 Å². The van der Waals surface area contributed by atoms with E-state index in [0.29, 0.717) is 0 Å². The molecule has 0 aliphatic rings. The van der Waals surface area contributed by atoms with Crippen molar-refractivity contribution in [2.75, 3.05) is 0 Å². The molecule has 80 valence electrons.